The van der Waals surface area contributed by atoms with Crippen LogP contribution in [0.25, 0.3) is 5.69 Å². The molecule has 5 nitrogen and oxygen atoms in total. The summed E-state index contributed by atoms with van der Waals surface area (Å²) in [5.74, 6) is -0.213. The number of amides is 1. The van der Waals surface area contributed by atoms with E-state index in [9.17, 15) is 4.79 Å². The normalized spacial score (nSPS) is 10.7. The third-order valence-corrected chi connectivity index (χ3v) is 4.43. The van der Waals surface area contributed by atoms with Gasteiger partial charge in [-0.1, -0.05) is 25.4 Å². The number of carbonyl (C=O) groups is 1. The van der Waals surface area contributed by atoms with Crippen LogP contribution in [0.4, 0.5) is 11.4 Å². The van der Waals surface area contributed by atoms with Crippen LogP contribution in [0.1, 0.15) is 35.6 Å². The van der Waals surface area contributed by atoms with Crippen molar-refractivity contribution in [2.24, 2.45) is 0 Å². The lowest BCUT2D eigenvalue weighted by Crippen LogP contribution is -2.12. The van der Waals surface area contributed by atoms with Gasteiger partial charge in [0.25, 0.3) is 5.91 Å². The second kappa shape index (κ2) is 7.62. The Kier molecular flexibility index (Phi) is 5.28. The monoisotopic (exact) mass is 368 g/mol. The predicted octanol–water partition coefficient (Wildman–Crippen LogP) is 4.49. The van der Waals surface area contributed by atoms with E-state index in [0.29, 0.717) is 22.0 Å². The Morgan fingerprint density at radius 2 is 1.85 bits per heavy atom. The van der Waals surface area contributed by atoms with Crippen LogP contribution in [-0.2, 0) is 12.8 Å². The van der Waals surface area contributed by atoms with Crippen molar-refractivity contribution >= 4 is 28.9 Å². The fraction of sp³-hybridized carbons (Fsp3) is 0.200. The number of nitrogens with zero attached hydrogens (tertiary/aromatic N) is 2. The molecule has 0 saturated heterocycles. The second-order valence-electron chi connectivity index (χ2n) is 5.98. The zero-order chi connectivity index (χ0) is 18.7. The highest BCUT2D eigenvalue weighted by Crippen LogP contribution is 2.24. The Morgan fingerprint density at radius 3 is 2.46 bits per heavy atom. The van der Waals surface area contributed by atoms with E-state index in [4.69, 9.17) is 17.3 Å². The van der Waals surface area contributed by atoms with E-state index in [2.05, 4.69) is 30.3 Å². The quantitative estimate of drug-likeness (QED) is 0.652. The molecule has 0 unspecified atom stereocenters. The topological polar surface area (TPSA) is 72.9 Å². The molecule has 3 N–H and O–H groups in total. The highest BCUT2D eigenvalue weighted by Gasteiger charge is 2.12. The molecule has 1 aromatic heterocycles. The summed E-state index contributed by atoms with van der Waals surface area (Å²) < 4.78 is 1.87. The van der Waals surface area contributed by atoms with Gasteiger partial charge in [-0.2, -0.15) is 5.10 Å². The Balaban J connectivity index is 1.84. The number of halogens is 1. The summed E-state index contributed by atoms with van der Waals surface area (Å²) in [6.07, 6.45) is 1.73. The number of hydrogen-bond donors (Lipinski definition) is 2. The molecule has 26 heavy (non-hydrogen) atoms. The van der Waals surface area contributed by atoms with Crippen LogP contribution in [0.2, 0.25) is 5.02 Å². The fourth-order valence-corrected chi connectivity index (χ4v) is 2.86. The molecule has 134 valence electrons. The molecule has 0 spiro atoms. The van der Waals surface area contributed by atoms with Gasteiger partial charge in [0.05, 0.1) is 17.1 Å². The summed E-state index contributed by atoms with van der Waals surface area (Å²) >= 11 is 5.85. The number of carbonyl (C=O) groups excluding carboxylic acids is 1. The summed E-state index contributed by atoms with van der Waals surface area (Å²) in [6, 6.07) is 14.3. The SMILES string of the molecule is CCc1cc(CC)n(-c2ccc(NC(=O)c3ccc(Cl)cc3)cc2N)n1. The van der Waals surface area contributed by atoms with E-state index >= 15 is 0 Å². The predicted molar refractivity (Wildman–Crippen MR) is 106 cm³/mol. The first kappa shape index (κ1) is 18.0. The van der Waals surface area contributed by atoms with E-state index in [1.165, 1.54) is 0 Å². The van der Waals surface area contributed by atoms with E-state index in [1.807, 2.05) is 16.8 Å². The first-order valence-electron chi connectivity index (χ1n) is 8.56. The average Bonchev–Trinajstić information content (AvgIpc) is 3.05. The maximum absolute atomic E-state index is 12.3. The van der Waals surface area contributed by atoms with Crippen LogP contribution < -0.4 is 11.1 Å². The molecule has 0 fully saturated rings. The smallest absolute Gasteiger partial charge is 0.255 e. The van der Waals surface area contributed by atoms with Gasteiger partial charge in [-0.15, -0.1) is 0 Å². The molecule has 0 radical (unpaired) electrons. The largest absolute Gasteiger partial charge is 0.397 e. The number of aromatic nitrogens is 2. The van der Waals surface area contributed by atoms with Gasteiger partial charge in [0.2, 0.25) is 0 Å². The van der Waals surface area contributed by atoms with Crippen molar-refractivity contribution in [3.63, 3.8) is 0 Å². The van der Waals surface area contributed by atoms with Crippen molar-refractivity contribution in [2.45, 2.75) is 26.7 Å². The standard InChI is InChI=1S/C20H21ClN4O/c1-3-15-11-17(4-2)25(24-15)19-10-9-16(12-18(19)22)23-20(26)13-5-7-14(21)8-6-13/h5-12H,3-4,22H2,1-2H3,(H,23,26). The number of benzene rings is 2. The minimum atomic E-state index is -0.213. The van der Waals surface area contributed by atoms with Crippen LogP contribution in [0.15, 0.2) is 48.5 Å². The Hall–Kier alpha value is -2.79. The van der Waals surface area contributed by atoms with Gasteiger partial charge in [0.15, 0.2) is 0 Å². The zero-order valence-corrected chi connectivity index (χ0v) is 15.5. The maximum atomic E-state index is 12.3. The Labute approximate surface area is 157 Å². The summed E-state index contributed by atoms with van der Waals surface area (Å²) in [5.41, 5.74) is 10.9. The molecular formula is C20H21ClN4O. The lowest BCUT2D eigenvalue weighted by Gasteiger charge is -2.12. The minimum absolute atomic E-state index is 0.213. The van der Waals surface area contributed by atoms with E-state index in [-0.39, 0.29) is 5.91 Å². The van der Waals surface area contributed by atoms with E-state index < -0.39 is 0 Å². The molecule has 0 bridgehead atoms. The van der Waals surface area contributed by atoms with Gasteiger partial charge in [-0.25, -0.2) is 4.68 Å². The molecule has 3 aromatic rings. The van der Waals surface area contributed by atoms with Crippen molar-refractivity contribution in [3.8, 4) is 5.69 Å². The molecule has 0 aliphatic heterocycles. The van der Waals surface area contributed by atoms with Crippen molar-refractivity contribution in [1.29, 1.82) is 0 Å². The first-order valence-corrected chi connectivity index (χ1v) is 8.94. The molecule has 1 heterocycles. The van der Waals surface area contributed by atoms with E-state index in [1.54, 1.807) is 30.3 Å². The molecule has 0 aliphatic carbocycles. The molecule has 3 rings (SSSR count). The summed E-state index contributed by atoms with van der Waals surface area (Å²) in [4.78, 5) is 12.3. The summed E-state index contributed by atoms with van der Waals surface area (Å²) in [6.45, 7) is 4.16. The Bertz CT molecular complexity index is 931. The number of nitrogen functional groups attached to an aromatic ring is 1. The number of rotatable bonds is 5. The van der Waals surface area contributed by atoms with Gasteiger partial charge in [0, 0.05) is 22.0 Å². The van der Waals surface area contributed by atoms with Crippen molar-refractivity contribution in [2.75, 3.05) is 11.1 Å². The van der Waals surface area contributed by atoms with Crippen molar-refractivity contribution < 1.29 is 4.79 Å². The molecule has 1 amide bonds. The summed E-state index contributed by atoms with van der Waals surface area (Å²) in [5, 5.41) is 8.05. The highest BCUT2D eigenvalue weighted by molar-refractivity contribution is 6.30. The first-order chi connectivity index (χ1) is 12.5. The molecule has 0 atom stereocenters. The fourth-order valence-electron chi connectivity index (χ4n) is 2.74. The number of hydrogen-bond acceptors (Lipinski definition) is 3. The van der Waals surface area contributed by atoms with Crippen LogP contribution in [-0.4, -0.2) is 15.7 Å². The average molecular weight is 369 g/mol. The zero-order valence-electron chi connectivity index (χ0n) is 14.8. The number of anilines is 2. The second-order valence-corrected chi connectivity index (χ2v) is 6.42. The molecule has 0 saturated carbocycles. The number of nitrogens with one attached hydrogen (secondary N) is 1. The maximum Gasteiger partial charge on any atom is 0.255 e. The third kappa shape index (κ3) is 3.73. The lowest BCUT2D eigenvalue weighted by atomic mass is 10.2. The number of nitrogens with two attached hydrogens (primary N) is 1. The molecule has 2 aromatic carbocycles. The highest BCUT2D eigenvalue weighted by atomic mass is 35.5. The van der Waals surface area contributed by atoms with Gasteiger partial charge < -0.3 is 11.1 Å². The van der Waals surface area contributed by atoms with E-state index in [0.717, 1.165) is 29.9 Å². The molecule has 0 aliphatic rings. The molecule has 6 heteroatoms. The lowest BCUT2D eigenvalue weighted by molar-refractivity contribution is 0.102. The van der Waals surface area contributed by atoms with Crippen LogP contribution >= 0.6 is 11.6 Å². The molecular weight excluding hydrogens is 348 g/mol. The Morgan fingerprint density at radius 1 is 1.12 bits per heavy atom. The van der Waals surface area contributed by atoms with Gasteiger partial charge in [-0.05, 0) is 61.4 Å². The minimum Gasteiger partial charge on any atom is -0.397 e. The van der Waals surface area contributed by atoms with Crippen molar-refractivity contribution in [1.82, 2.24) is 9.78 Å². The third-order valence-electron chi connectivity index (χ3n) is 4.18. The van der Waals surface area contributed by atoms with Gasteiger partial charge >= 0.3 is 0 Å². The van der Waals surface area contributed by atoms with Crippen molar-refractivity contribution in [3.05, 3.63) is 70.5 Å². The van der Waals surface area contributed by atoms with Gasteiger partial charge in [0.1, 0.15) is 0 Å². The number of aryl methyl sites for hydroxylation is 2. The van der Waals surface area contributed by atoms with Gasteiger partial charge in [-0.3, -0.25) is 4.79 Å². The van der Waals surface area contributed by atoms with Crippen LogP contribution in [0, 0.1) is 0 Å². The summed E-state index contributed by atoms with van der Waals surface area (Å²) in [7, 11) is 0. The van der Waals surface area contributed by atoms with Crippen LogP contribution in [0.5, 0.6) is 0 Å². The van der Waals surface area contributed by atoms with Crippen LogP contribution in [0.3, 0.4) is 0 Å².